The summed E-state index contributed by atoms with van der Waals surface area (Å²) in [7, 11) is 0. The average molecular weight is 304 g/mol. The smallest absolute Gasteiger partial charge is 0.106 e. The Morgan fingerprint density at radius 1 is 1.18 bits per heavy atom. The van der Waals surface area contributed by atoms with E-state index in [9.17, 15) is 5.11 Å². The zero-order chi connectivity index (χ0) is 16.3. The zero-order valence-corrected chi connectivity index (χ0v) is 14.9. The minimum Gasteiger partial charge on any atom is -0.388 e. The van der Waals surface area contributed by atoms with Crippen molar-refractivity contribution in [3.63, 3.8) is 0 Å². The largest absolute Gasteiger partial charge is 0.388 e. The third-order valence-corrected chi connectivity index (χ3v) is 5.02. The number of allylic oxidation sites excluding steroid dienone is 3. The van der Waals surface area contributed by atoms with E-state index in [0.717, 1.165) is 37.7 Å². The van der Waals surface area contributed by atoms with Gasteiger partial charge in [-0.15, -0.1) is 0 Å². The highest BCUT2D eigenvalue weighted by Crippen LogP contribution is 2.43. The van der Waals surface area contributed by atoms with Gasteiger partial charge in [0.1, 0.15) is 6.10 Å². The first-order valence-electron chi connectivity index (χ1n) is 8.70. The number of aliphatic hydroxyl groups excluding tert-OH is 1. The van der Waals surface area contributed by atoms with E-state index >= 15 is 0 Å². The zero-order valence-electron chi connectivity index (χ0n) is 14.9. The highest BCUT2D eigenvalue weighted by Gasteiger charge is 2.50. The van der Waals surface area contributed by atoms with Gasteiger partial charge in [-0.3, -0.25) is 0 Å². The monoisotopic (exact) mass is 304 g/mol. The molecule has 0 saturated carbocycles. The summed E-state index contributed by atoms with van der Waals surface area (Å²) >= 11 is 0. The second kappa shape index (κ2) is 7.14. The molecule has 1 heterocycles. The van der Waals surface area contributed by atoms with E-state index in [-0.39, 0.29) is 17.8 Å². The summed E-state index contributed by atoms with van der Waals surface area (Å²) in [6, 6.07) is 0. The molecular weight excluding hydrogens is 272 g/mol. The number of aliphatic hydroxyl groups is 1. The van der Waals surface area contributed by atoms with Crippen LogP contribution >= 0.6 is 0 Å². The fourth-order valence-corrected chi connectivity index (χ4v) is 3.29. The molecule has 3 atom stereocenters. The van der Waals surface area contributed by atoms with E-state index in [1.807, 2.05) is 0 Å². The third-order valence-electron chi connectivity index (χ3n) is 5.02. The molecule has 2 aliphatic rings. The first-order valence-corrected chi connectivity index (χ1v) is 8.70. The van der Waals surface area contributed by atoms with Crippen molar-refractivity contribution in [1.29, 1.82) is 0 Å². The summed E-state index contributed by atoms with van der Waals surface area (Å²) in [5, 5.41) is 10.6. The molecule has 0 unspecified atom stereocenters. The van der Waals surface area contributed by atoms with Gasteiger partial charge in [0.15, 0.2) is 0 Å². The molecular formula is C20H32O2. The van der Waals surface area contributed by atoms with Crippen LogP contribution in [0.25, 0.3) is 0 Å². The number of epoxide rings is 1. The van der Waals surface area contributed by atoms with E-state index in [1.165, 1.54) is 11.1 Å². The van der Waals surface area contributed by atoms with Crippen LogP contribution in [0.3, 0.4) is 0 Å². The molecule has 2 rings (SSSR count). The van der Waals surface area contributed by atoms with E-state index in [2.05, 4.69) is 52.8 Å². The van der Waals surface area contributed by atoms with E-state index in [4.69, 9.17) is 4.74 Å². The molecule has 2 nitrogen and oxygen atoms in total. The molecule has 0 amide bonds. The predicted octanol–water partition coefficient (Wildman–Crippen LogP) is 4.94. The lowest BCUT2D eigenvalue weighted by Crippen LogP contribution is -2.17. The second-order valence-corrected chi connectivity index (χ2v) is 7.57. The van der Waals surface area contributed by atoms with Gasteiger partial charge in [0.05, 0.1) is 11.7 Å². The molecule has 1 fully saturated rings. The summed E-state index contributed by atoms with van der Waals surface area (Å²) < 4.78 is 5.94. The minimum absolute atomic E-state index is 0.0361. The normalized spacial score (nSPS) is 41.3. The van der Waals surface area contributed by atoms with Crippen molar-refractivity contribution >= 4 is 0 Å². The maximum Gasteiger partial charge on any atom is 0.106 e. The van der Waals surface area contributed by atoms with E-state index < -0.39 is 0 Å². The van der Waals surface area contributed by atoms with Gasteiger partial charge in [-0.05, 0) is 64.4 Å². The Balaban J connectivity index is 2.21. The number of hydrogen-bond acceptors (Lipinski definition) is 2. The molecule has 1 saturated heterocycles. The molecule has 1 aliphatic carbocycles. The number of ether oxygens (including phenoxy) is 1. The van der Waals surface area contributed by atoms with Gasteiger partial charge in [-0.25, -0.2) is 0 Å². The first kappa shape index (κ1) is 17.5. The summed E-state index contributed by atoms with van der Waals surface area (Å²) in [6.07, 6.45) is 11.7. The standard InChI is InChI=1S/C20H32O2/c1-14(2)17-13-19-20(5,22-19)11-7-10-15(3)8-6-9-16(4)12-18(17)21/h9-10,13-14,18-19,21H,6-8,11-12H2,1-5H3/b15-10+,16-9+,17-13-/t18-,19-,20-/m0/s1. The molecule has 0 aromatic carbocycles. The van der Waals surface area contributed by atoms with Crippen LogP contribution in [0.5, 0.6) is 0 Å². The van der Waals surface area contributed by atoms with Crippen LogP contribution < -0.4 is 0 Å². The molecule has 0 aromatic heterocycles. The maximum atomic E-state index is 10.6. The fourth-order valence-electron chi connectivity index (χ4n) is 3.29. The Morgan fingerprint density at radius 2 is 1.86 bits per heavy atom. The van der Waals surface area contributed by atoms with Crippen molar-refractivity contribution in [3.05, 3.63) is 34.9 Å². The highest BCUT2D eigenvalue weighted by molar-refractivity contribution is 5.23. The van der Waals surface area contributed by atoms with E-state index in [1.54, 1.807) is 0 Å². The first-order chi connectivity index (χ1) is 10.3. The van der Waals surface area contributed by atoms with Crippen LogP contribution in [0.1, 0.15) is 66.7 Å². The average Bonchev–Trinajstić information content (AvgIpc) is 3.05. The van der Waals surface area contributed by atoms with Crippen molar-refractivity contribution < 1.29 is 9.84 Å². The SMILES string of the molecule is C/C1=C\CC[C@]2(C)O[C@H]2/C=C(/C(C)C)[C@@H](O)C/C(C)=C/CC1. The van der Waals surface area contributed by atoms with Crippen molar-refractivity contribution in [2.24, 2.45) is 5.92 Å². The molecule has 0 bridgehead atoms. The van der Waals surface area contributed by atoms with Crippen molar-refractivity contribution in [1.82, 2.24) is 0 Å². The van der Waals surface area contributed by atoms with Crippen LogP contribution in [-0.2, 0) is 4.74 Å². The number of hydrogen-bond donors (Lipinski definition) is 1. The number of fused-ring (bicyclic) bond motifs is 1. The van der Waals surface area contributed by atoms with Crippen LogP contribution in [0, 0.1) is 5.92 Å². The number of rotatable bonds is 1. The lowest BCUT2D eigenvalue weighted by molar-refractivity contribution is 0.199. The van der Waals surface area contributed by atoms with Crippen molar-refractivity contribution in [2.75, 3.05) is 0 Å². The van der Waals surface area contributed by atoms with Crippen molar-refractivity contribution in [2.45, 2.75) is 84.5 Å². The Hall–Kier alpha value is -0.860. The van der Waals surface area contributed by atoms with Gasteiger partial charge >= 0.3 is 0 Å². The topological polar surface area (TPSA) is 32.8 Å². The quantitative estimate of drug-likeness (QED) is 0.549. The molecule has 1 aliphatic heterocycles. The van der Waals surface area contributed by atoms with Gasteiger partial charge < -0.3 is 9.84 Å². The third kappa shape index (κ3) is 4.57. The molecule has 124 valence electrons. The predicted molar refractivity (Wildman–Crippen MR) is 92.8 cm³/mol. The van der Waals surface area contributed by atoms with Gasteiger partial charge in [-0.2, -0.15) is 0 Å². The molecule has 0 spiro atoms. The Bertz CT molecular complexity index is 484. The lowest BCUT2D eigenvalue weighted by Gasteiger charge is -2.19. The van der Waals surface area contributed by atoms with Crippen LogP contribution in [0.4, 0.5) is 0 Å². The second-order valence-electron chi connectivity index (χ2n) is 7.57. The lowest BCUT2D eigenvalue weighted by atomic mass is 9.89. The summed E-state index contributed by atoms with van der Waals surface area (Å²) in [6.45, 7) is 10.9. The van der Waals surface area contributed by atoms with E-state index in [0.29, 0.717) is 5.92 Å². The van der Waals surface area contributed by atoms with Gasteiger partial charge in [-0.1, -0.05) is 43.2 Å². The van der Waals surface area contributed by atoms with Gasteiger partial charge in [0.2, 0.25) is 0 Å². The van der Waals surface area contributed by atoms with Crippen molar-refractivity contribution in [3.8, 4) is 0 Å². The summed E-state index contributed by atoms with van der Waals surface area (Å²) in [5.41, 5.74) is 3.83. The Labute approximate surface area is 136 Å². The molecule has 0 radical (unpaired) electrons. The highest BCUT2D eigenvalue weighted by atomic mass is 16.6. The van der Waals surface area contributed by atoms with Crippen LogP contribution in [0.15, 0.2) is 34.9 Å². The molecule has 1 N–H and O–H groups in total. The van der Waals surface area contributed by atoms with Crippen LogP contribution in [0.2, 0.25) is 0 Å². The Kier molecular flexibility index (Phi) is 5.68. The fraction of sp³-hybridized carbons (Fsp3) is 0.700. The minimum atomic E-state index is -0.385. The molecule has 2 heteroatoms. The van der Waals surface area contributed by atoms with Gasteiger partial charge in [0.25, 0.3) is 0 Å². The Morgan fingerprint density at radius 3 is 2.55 bits per heavy atom. The molecule has 22 heavy (non-hydrogen) atoms. The van der Waals surface area contributed by atoms with Crippen LogP contribution in [-0.4, -0.2) is 22.9 Å². The van der Waals surface area contributed by atoms with Gasteiger partial charge in [0, 0.05) is 0 Å². The summed E-state index contributed by atoms with van der Waals surface area (Å²) in [5.74, 6) is 0.353. The molecule has 0 aromatic rings. The maximum absolute atomic E-state index is 10.6. The summed E-state index contributed by atoms with van der Waals surface area (Å²) in [4.78, 5) is 0.